The second-order valence-electron chi connectivity index (χ2n) is 5.34. The van der Waals surface area contributed by atoms with Crippen molar-refractivity contribution in [2.45, 2.75) is 47.6 Å². The highest BCUT2D eigenvalue weighted by molar-refractivity contribution is 5.24. The van der Waals surface area contributed by atoms with Gasteiger partial charge in [0, 0.05) is 18.8 Å². The van der Waals surface area contributed by atoms with Crippen LogP contribution in [-0.4, -0.2) is 21.5 Å². The Morgan fingerprint density at radius 2 is 1.87 bits per heavy atom. The molecule has 0 aromatic carbocycles. The van der Waals surface area contributed by atoms with E-state index in [1.165, 1.54) is 11.3 Å². The van der Waals surface area contributed by atoms with Crippen LogP contribution in [0, 0.1) is 19.3 Å². The van der Waals surface area contributed by atoms with E-state index in [0.29, 0.717) is 6.42 Å². The van der Waals surface area contributed by atoms with Gasteiger partial charge in [0.25, 0.3) is 0 Å². The van der Waals surface area contributed by atoms with Crippen LogP contribution < -0.4 is 0 Å². The first kappa shape index (κ1) is 12.2. The van der Waals surface area contributed by atoms with Crippen molar-refractivity contribution in [3.63, 3.8) is 0 Å². The summed E-state index contributed by atoms with van der Waals surface area (Å²) in [7, 11) is 0. The van der Waals surface area contributed by atoms with Crippen LogP contribution in [0.1, 0.15) is 37.7 Å². The average Bonchev–Trinajstić information content (AvgIpc) is 2.30. The molecule has 0 aliphatic heterocycles. The molecule has 0 aliphatic carbocycles. The molecule has 15 heavy (non-hydrogen) atoms. The monoisotopic (exact) mass is 210 g/mol. The maximum absolute atomic E-state index is 8.97. The van der Waals surface area contributed by atoms with E-state index in [4.69, 9.17) is 5.11 Å². The van der Waals surface area contributed by atoms with Crippen LogP contribution >= 0.6 is 0 Å². The molecule has 0 saturated carbocycles. The number of rotatable bonds is 3. The fourth-order valence-electron chi connectivity index (χ4n) is 1.81. The van der Waals surface area contributed by atoms with Gasteiger partial charge in [-0.05, 0) is 31.2 Å². The highest BCUT2D eigenvalue weighted by atomic mass is 16.2. The summed E-state index contributed by atoms with van der Waals surface area (Å²) in [5, 5.41) is 13.5. The Balaban J connectivity index is 2.96. The Hall–Kier alpha value is -0.830. The molecule has 0 saturated heterocycles. The molecule has 0 unspecified atom stereocenters. The summed E-state index contributed by atoms with van der Waals surface area (Å²) in [6.45, 7) is 11.8. The molecule has 1 aromatic heterocycles. The number of aryl methyl sites for hydroxylation is 1. The van der Waals surface area contributed by atoms with E-state index in [2.05, 4.69) is 37.5 Å². The SMILES string of the molecule is Cc1nn(CC(C)(C)C)c(C)c1CCO. The quantitative estimate of drug-likeness (QED) is 0.829. The molecule has 0 amide bonds. The van der Waals surface area contributed by atoms with Gasteiger partial charge in [-0.2, -0.15) is 5.10 Å². The van der Waals surface area contributed by atoms with Gasteiger partial charge < -0.3 is 5.11 Å². The van der Waals surface area contributed by atoms with E-state index in [9.17, 15) is 0 Å². The Bertz CT molecular complexity index is 334. The minimum absolute atomic E-state index is 0.197. The summed E-state index contributed by atoms with van der Waals surface area (Å²) in [5.41, 5.74) is 3.67. The molecule has 3 heteroatoms. The zero-order valence-corrected chi connectivity index (χ0v) is 10.5. The molecular weight excluding hydrogens is 188 g/mol. The Morgan fingerprint density at radius 1 is 1.27 bits per heavy atom. The third kappa shape index (κ3) is 3.06. The number of aromatic nitrogens is 2. The van der Waals surface area contributed by atoms with Crippen LogP contribution in [0.5, 0.6) is 0 Å². The second-order valence-corrected chi connectivity index (χ2v) is 5.34. The van der Waals surface area contributed by atoms with Crippen molar-refractivity contribution in [2.24, 2.45) is 5.41 Å². The molecule has 0 fully saturated rings. The number of aliphatic hydroxyl groups is 1. The fraction of sp³-hybridized carbons (Fsp3) is 0.750. The summed E-state index contributed by atoms with van der Waals surface area (Å²) in [6, 6.07) is 0. The highest BCUT2D eigenvalue weighted by Crippen LogP contribution is 2.20. The molecular formula is C12H22N2O. The van der Waals surface area contributed by atoms with Crippen molar-refractivity contribution in [3.8, 4) is 0 Å². The van der Waals surface area contributed by atoms with E-state index in [0.717, 1.165) is 12.2 Å². The van der Waals surface area contributed by atoms with E-state index in [-0.39, 0.29) is 12.0 Å². The topological polar surface area (TPSA) is 38.0 Å². The van der Waals surface area contributed by atoms with Gasteiger partial charge in [-0.1, -0.05) is 20.8 Å². The zero-order chi connectivity index (χ0) is 11.6. The third-order valence-corrected chi connectivity index (χ3v) is 2.52. The number of hydrogen-bond donors (Lipinski definition) is 1. The lowest BCUT2D eigenvalue weighted by atomic mass is 9.97. The fourth-order valence-corrected chi connectivity index (χ4v) is 1.81. The van der Waals surface area contributed by atoms with Crippen LogP contribution in [0.3, 0.4) is 0 Å². The molecule has 0 atom stereocenters. The highest BCUT2D eigenvalue weighted by Gasteiger charge is 2.16. The van der Waals surface area contributed by atoms with Crippen molar-refractivity contribution in [2.75, 3.05) is 6.61 Å². The van der Waals surface area contributed by atoms with E-state index in [1.807, 2.05) is 6.92 Å². The molecule has 1 N–H and O–H groups in total. The lowest BCUT2D eigenvalue weighted by Gasteiger charge is -2.19. The Labute approximate surface area is 92.1 Å². The lowest BCUT2D eigenvalue weighted by Crippen LogP contribution is -2.17. The zero-order valence-electron chi connectivity index (χ0n) is 10.5. The largest absolute Gasteiger partial charge is 0.396 e. The minimum Gasteiger partial charge on any atom is -0.396 e. The first-order chi connectivity index (χ1) is 6.85. The molecule has 1 rings (SSSR count). The van der Waals surface area contributed by atoms with E-state index >= 15 is 0 Å². The molecule has 0 bridgehead atoms. The summed E-state index contributed by atoms with van der Waals surface area (Å²) < 4.78 is 2.06. The van der Waals surface area contributed by atoms with Gasteiger partial charge in [-0.15, -0.1) is 0 Å². The maximum atomic E-state index is 8.97. The third-order valence-electron chi connectivity index (χ3n) is 2.52. The maximum Gasteiger partial charge on any atom is 0.0629 e. The Kier molecular flexibility index (Phi) is 3.55. The van der Waals surface area contributed by atoms with Crippen LogP contribution in [-0.2, 0) is 13.0 Å². The predicted molar refractivity (Wildman–Crippen MR) is 61.9 cm³/mol. The second kappa shape index (κ2) is 4.35. The average molecular weight is 210 g/mol. The molecule has 86 valence electrons. The number of aliphatic hydroxyl groups excluding tert-OH is 1. The smallest absolute Gasteiger partial charge is 0.0629 e. The van der Waals surface area contributed by atoms with Gasteiger partial charge in [-0.25, -0.2) is 0 Å². The summed E-state index contributed by atoms with van der Waals surface area (Å²) in [5.74, 6) is 0. The van der Waals surface area contributed by atoms with E-state index < -0.39 is 0 Å². The van der Waals surface area contributed by atoms with Crippen LogP contribution in [0.15, 0.2) is 0 Å². The van der Waals surface area contributed by atoms with Gasteiger partial charge >= 0.3 is 0 Å². The summed E-state index contributed by atoms with van der Waals surface area (Å²) in [4.78, 5) is 0. The molecule has 0 spiro atoms. The summed E-state index contributed by atoms with van der Waals surface area (Å²) >= 11 is 0. The van der Waals surface area contributed by atoms with Gasteiger partial charge in [-0.3, -0.25) is 4.68 Å². The van der Waals surface area contributed by atoms with Crippen LogP contribution in [0.25, 0.3) is 0 Å². The van der Waals surface area contributed by atoms with Crippen LogP contribution in [0.2, 0.25) is 0 Å². The van der Waals surface area contributed by atoms with Gasteiger partial charge in [0.1, 0.15) is 0 Å². The van der Waals surface area contributed by atoms with Crippen LogP contribution in [0.4, 0.5) is 0 Å². The normalized spacial score (nSPS) is 12.1. The van der Waals surface area contributed by atoms with Gasteiger partial charge in [0.15, 0.2) is 0 Å². The predicted octanol–water partition coefficient (Wildman–Crippen LogP) is 2.08. The van der Waals surface area contributed by atoms with Crippen molar-refractivity contribution < 1.29 is 5.11 Å². The lowest BCUT2D eigenvalue weighted by molar-refractivity contribution is 0.298. The van der Waals surface area contributed by atoms with Gasteiger partial charge in [0.2, 0.25) is 0 Å². The van der Waals surface area contributed by atoms with Gasteiger partial charge in [0.05, 0.1) is 5.69 Å². The molecule has 0 aliphatic rings. The number of hydrogen-bond acceptors (Lipinski definition) is 2. The first-order valence-corrected chi connectivity index (χ1v) is 5.49. The van der Waals surface area contributed by atoms with Crippen molar-refractivity contribution >= 4 is 0 Å². The minimum atomic E-state index is 0.197. The Morgan fingerprint density at radius 3 is 2.33 bits per heavy atom. The molecule has 1 heterocycles. The van der Waals surface area contributed by atoms with Crippen molar-refractivity contribution in [1.29, 1.82) is 0 Å². The molecule has 1 aromatic rings. The van der Waals surface area contributed by atoms with Crippen molar-refractivity contribution in [1.82, 2.24) is 9.78 Å². The summed E-state index contributed by atoms with van der Waals surface area (Å²) in [6.07, 6.45) is 0.710. The van der Waals surface area contributed by atoms with E-state index in [1.54, 1.807) is 0 Å². The first-order valence-electron chi connectivity index (χ1n) is 5.49. The standard InChI is InChI=1S/C12H22N2O/c1-9-11(6-7-15)10(2)14(13-9)8-12(3,4)5/h15H,6-8H2,1-5H3. The molecule has 0 radical (unpaired) electrons. The molecule has 3 nitrogen and oxygen atoms in total. The number of nitrogens with zero attached hydrogens (tertiary/aromatic N) is 2. The van der Waals surface area contributed by atoms with Crippen molar-refractivity contribution in [3.05, 3.63) is 17.0 Å².